The van der Waals surface area contributed by atoms with Crippen LogP contribution >= 0.6 is 0 Å². The smallest absolute Gasteiger partial charge is 0.418 e. The molecule has 3 N–H and O–H groups in total. The minimum atomic E-state index is -1.56. The molecular formula is C42H58FN5O7. The maximum absolute atomic E-state index is 13.9. The van der Waals surface area contributed by atoms with Crippen LogP contribution in [0, 0.1) is 11.7 Å². The van der Waals surface area contributed by atoms with E-state index in [0.717, 1.165) is 35.6 Å². The van der Waals surface area contributed by atoms with Crippen molar-refractivity contribution in [1.29, 1.82) is 0 Å². The summed E-state index contributed by atoms with van der Waals surface area (Å²) in [5, 5.41) is 8.45. The number of fused-ring (bicyclic) bond motifs is 2. The standard InChI is InChI=1S/C42H58FN5O7/c1-5-6-8-12-29(2)13-9-7-10-14-37(50)44-24-11-15-38(51)45-26-30(3)47(27-32-16-18-34(43)19-17-32)39(52)28-48-40(53)42(55-41(48)54)23-22-33-25-35(46-31(4)49)20-21-36(33)42/h16-21,25,29-30H,5-15,22-24,26-28H2,1-4H3,(H,44,50)(H,45,51)(H,46,49)/t29?,30-,42+/m0/s1. The second-order valence-electron chi connectivity index (χ2n) is 15.1. The summed E-state index contributed by atoms with van der Waals surface area (Å²) >= 11 is 0. The van der Waals surface area contributed by atoms with Gasteiger partial charge in [-0.3, -0.25) is 24.0 Å². The molecule has 1 aliphatic carbocycles. The third kappa shape index (κ3) is 12.3. The number of rotatable bonds is 22. The van der Waals surface area contributed by atoms with E-state index in [-0.39, 0.29) is 43.7 Å². The maximum Gasteiger partial charge on any atom is 0.418 e. The predicted molar refractivity (Wildman–Crippen MR) is 207 cm³/mol. The average molecular weight is 764 g/mol. The van der Waals surface area contributed by atoms with Gasteiger partial charge in [-0.2, -0.15) is 0 Å². The van der Waals surface area contributed by atoms with Gasteiger partial charge >= 0.3 is 6.09 Å². The molecule has 13 heteroatoms. The van der Waals surface area contributed by atoms with Crippen molar-refractivity contribution in [2.75, 3.05) is 25.0 Å². The van der Waals surface area contributed by atoms with Crippen molar-refractivity contribution in [3.63, 3.8) is 0 Å². The first-order chi connectivity index (χ1) is 26.3. The second kappa shape index (κ2) is 20.8. The van der Waals surface area contributed by atoms with E-state index in [1.165, 1.54) is 56.1 Å². The number of carbonyl (C=O) groups is 6. The summed E-state index contributed by atoms with van der Waals surface area (Å²) < 4.78 is 19.4. The normalized spacial score (nSPS) is 17.1. The minimum Gasteiger partial charge on any atom is -0.427 e. The number of hydrogen-bond acceptors (Lipinski definition) is 7. The van der Waals surface area contributed by atoms with E-state index in [4.69, 9.17) is 4.74 Å². The Hall–Kier alpha value is -4.81. The number of aryl methyl sites for hydroxylation is 1. The quantitative estimate of drug-likeness (QED) is 0.116. The third-order valence-electron chi connectivity index (χ3n) is 10.5. The van der Waals surface area contributed by atoms with Crippen molar-refractivity contribution in [3.8, 4) is 0 Å². The molecule has 1 spiro atoms. The number of benzene rings is 2. The van der Waals surface area contributed by atoms with Crippen LogP contribution in [-0.4, -0.2) is 71.1 Å². The number of nitrogens with zero attached hydrogens (tertiary/aromatic N) is 2. The largest absolute Gasteiger partial charge is 0.427 e. The van der Waals surface area contributed by atoms with Crippen LogP contribution in [0.5, 0.6) is 0 Å². The Morgan fingerprint density at radius 2 is 1.60 bits per heavy atom. The van der Waals surface area contributed by atoms with Crippen LogP contribution in [0.3, 0.4) is 0 Å². The Labute approximate surface area is 324 Å². The monoisotopic (exact) mass is 763 g/mol. The van der Waals surface area contributed by atoms with Gasteiger partial charge in [0, 0.05) is 63.1 Å². The SMILES string of the molecule is CCCCCC(C)CCCCCC(=O)NCCCC(=O)NC[C@H](C)N(Cc1ccc(F)cc1)C(=O)CN1C(=O)O[C@@]2(CCc3cc(NC(C)=O)ccc32)C1=O. The molecule has 3 atom stereocenters. The molecule has 0 radical (unpaired) electrons. The Kier molecular flexibility index (Phi) is 16.2. The van der Waals surface area contributed by atoms with Crippen molar-refractivity contribution in [2.24, 2.45) is 5.92 Å². The van der Waals surface area contributed by atoms with Crippen LogP contribution in [0.1, 0.15) is 121 Å². The molecule has 0 saturated carbocycles. The molecule has 2 aromatic rings. The van der Waals surface area contributed by atoms with Gasteiger partial charge in [0.15, 0.2) is 0 Å². The zero-order chi connectivity index (χ0) is 40.0. The molecule has 2 aliphatic rings. The fraction of sp³-hybridized carbons (Fsp3) is 0.571. The first-order valence-electron chi connectivity index (χ1n) is 19.9. The molecule has 6 amide bonds. The van der Waals surface area contributed by atoms with Crippen LogP contribution in [0.15, 0.2) is 42.5 Å². The zero-order valence-electron chi connectivity index (χ0n) is 32.8. The van der Waals surface area contributed by atoms with E-state index in [1.807, 2.05) is 0 Å². The van der Waals surface area contributed by atoms with Gasteiger partial charge in [-0.25, -0.2) is 14.1 Å². The molecule has 1 aliphatic heterocycles. The van der Waals surface area contributed by atoms with Crippen LogP contribution in [0.2, 0.25) is 0 Å². The van der Waals surface area contributed by atoms with Gasteiger partial charge < -0.3 is 25.6 Å². The highest BCUT2D eigenvalue weighted by atomic mass is 19.1. The lowest BCUT2D eigenvalue weighted by molar-refractivity contribution is -0.143. The maximum atomic E-state index is 13.9. The summed E-state index contributed by atoms with van der Waals surface area (Å²) in [5.41, 5.74) is 0.892. The van der Waals surface area contributed by atoms with Crippen LogP contribution in [0.4, 0.5) is 14.9 Å². The number of halogens is 1. The molecule has 12 nitrogen and oxygen atoms in total. The highest BCUT2D eigenvalue weighted by Crippen LogP contribution is 2.46. The molecule has 4 rings (SSSR count). The summed E-state index contributed by atoms with van der Waals surface area (Å²) in [4.78, 5) is 79.6. The molecule has 0 bridgehead atoms. The van der Waals surface area contributed by atoms with Crippen molar-refractivity contribution in [3.05, 3.63) is 65.0 Å². The molecular weight excluding hydrogens is 705 g/mol. The van der Waals surface area contributed by atoms with Crippen LogP contribution in [-0.2, 0) is 47.3 Å². The number of nitrogens with one attached hydrogen (secondary N) is 3. The highest BCUT2D eigenvalue weighted by Gasteiger charge is 2.58. The van der Waals surface area contributed by atoms with Crippen molar-refractivity contribution < 1.29 is 37.9 Å². The van der Waals surface area contributed by atoms with Crippen molar-refractivity contribution >= 4 is 41.3 Å². The summed E-state index contributed by atoms with van der Waals surface area (Å²) in [6.07, 6.45) is 10.1. The number of amides is 6. The highest BCUT2D eigenvalue weighted by molar-refractivity contribution is 6.06. The molecule has 55 heavy (non-hydrogen) atoms. The van der Waals surface area contributed by atoms with E-state index in [1.54, 1.807) is 37.3 Å². The number of ether oxygens (including phenoxy) is 1. The van der Waals surface area contributed by atoms with E-state index in [2.05, 4.69) is 29.8 Å². The molecule has 300 valence electrons. The van der Waals surface area contributed by atoms with Crippen molar-refractivity contribution in [2.45, 2.75) is 129 Å². The predicted octanol–water partition coefficient (Wildman–Crippen LogP) is 6.50. The lowest BCUT2D eigenvalue weighted by atomic mass is 9.94. The first-order valence-corrected chi connectivity index (χ1v) is 19.9. The summed E-state index contributed by atoms with van der Waals surface area (Å²) in [6, 6.07) is 10.1. The molecule has 1 heterocycles. The lowest BCUT2D eigenvalue weighted by Crippen LogP contribution is -2.50. The minimum absolute atomic E-state index is 0.0144. The van der Waals surface area contributed by atoms with Gasteiger partial charge in [0.25, 0.3) is 5.91 Å². The zero-order valence-corrected chi connectivity index (χ0v) is 32.8. The number of imide groups is 1. The number of carbonyl (C=O) groups excluding carboxylic acids is 6. The van der Waals surface area contributed by atoms with Gasteiger partial charge in [0.05, 0.1) is 0 Å². The summed E-state index contributed by atoms with van der Waals surface area (Å²) in [7, 11) is 0. The van der Waals surface area contributed by atoms with Gasteiger partial charge in [-0.05, 0) is 67.5 Å². The molecule has 1 unspecified atom stereocenters. The molecule has 0 aromatic heterocycles. The first kappa shape index (κ1) is 42.9. The van der Waals surface area contributed by atoms with Gasteiger partial charge in [-0.1, -0.05) is 77.0 Å². The van der Waals surface area contributed by atoms with E-state index >= 15 is 0 Å². The third-order valence-corrected chi connectivity index (χ3v) is 10.5. The fourth-order valence-electron chi connectivity index (χ4n) is 7.30. The van der Waals surface area contributed by atoms with Crippen LogP contribution in [0.25, 0.3) is 0 Å². The second-order valence-corrected chi connectivity index (χ2v) is 15.1. The van der Waals surface area contributed by atoms with Gasteiger partial charge in [0.1, 0.15) is 12.4 Å². The Balaban J connectivity index is 1.26. The van der Waals surface area contributed by atoms with Gasteiger partial charge in [0.2, 0.25) is 29.2 Å². The molecule has 2 aromatic carbocycles. The number of anilines is 1. The lowest BCUT2D eigenvalue weighted by Gasteiger charge is -2.31. The fourth-order valence-corrected chi connectivity index (χ4v) is 7.30. The Bertz CT molecular complexity index is 1670. The average Bonchev–Trinajstić information content (AvgIpc) is 3.62. The molecule has 1 fully saturated rings. The number of hydrogen-bond donors (Lipinski definition) is 3. The van der Waals surface area contributed by atoms with E-state index in [9.17, 15) is 33.2 Å². The van der Waals surface area contributed by atoms with E-state index in [0.29, 0.717) is 42.6 Å². The molecule has 1 saturated heterocycles. The van der Waals surface area contributed by atoms with Crippen LogP contribution < -0.4 is 16.0 Å². The van der Waals surface area contributed by atoms with Gasteiger partial charge in [-0.15, -0.1) is 0 Å². The topological polar surface area (TPSA) is 154 Å². The van der Waals surface area contributed by atoms with E-state index < -0.39 is 41.9 Å². The van der Waals surface area contributed by atoms with Crippen molar-refractivity contribution in [1.82, 2.24) is 20.4 Å². The Morgan fingerprint density at radius 1 is 0.909 bits per heavy atom. The number of unbranched alkanes of at least 4 members (excludes halogenated alkanes) is 4. The Morgan fingerprint density at radius 3 is 2.31 bits per heavy atom. The summed E-state index contributed by atoms with van der Waals surface area (Å²) in [5.74, 6) is -1.41. The summed E-state index contributed by atoms with van der Waals surface area (Å²) in [6.45, 7) is 7.57.